The normalized spacial score (nSPS) is 21.3. The van der Waals surface area contributed by atoms with Crippen molar-refractivity contribution in [3.8, 4) is 5.75 Å². The molecule has 9 heteroatoms. The van der Waals surface area contributed by atoms with Gasteiger partial charge in [-0.05, 0) is 35.9 Å². The largest absolute Gasteiger partial charge is 0.507 e. The van der Waals surface area contributed by atoms with Gasteiger partial charge in [-0.1, -0.05) is 23.7 Å². The maximum absolute atomic E-state index is 13.6. The molecule has 2 aliphatic heterocycles. The molecule has 4 rings (SSSR count). The molecule has 2 N–H and O–H groups in total. The summed E-state index contributed by atoms with van der Waals surface area (Å²) in [5.41, 5.74) is 0.229. The highest BCUT2D eigenvalue weighted by Gasteiger charge is 2.46. The molecule has 1 unspecified atom stereocenters. The number of aromatic hydroxyl groups is 1. The summed E-state index contributed by atoms with van der Waals surface area (Å²) in [5.74, 6) is -2.93. The summed E-state index contributed by atoms with van der Waals surface area (Å²) in [6.07, 6.45) is 0. The Morgan fingerprint density at radius 2 is 1.78 bits per heavy atom. The number of halogens is 2. The molecule has 32 heavy (non-hydrogen) atoms. The number of carbonyl (C=O) groups is 2. The number of aliphatic hydroxyl groups is 1. The number of rotatable bonds is 5. The number of ether oxygens (including phenoxy) is 1. The van der Waals surface area contributed by atoms with Crippen LogP contribution < -0.4 is 0 Å². The lowest BCUT2D eigenvalue weighted by Gasteiger charge is -2.31. The molecular weight excluding hydrogens is 439 g/mol. The summed E-state index contributed by atoms with van der Waals surface area (Å²) in [4.78, 5) is 29.4. The minimum Gasteiger partial charge on any atom is -0.507 e. The molecule has 1 amide bonds. The second-order valence-corrected chi connectivity index (χ2v) is 8.10. The molecule has 0 saturated carbocycles. The lowest BCUT2D eigenvalue weighted by Crippen LogP contribution is -2.42. The first kappa shape index (κ1) is 22.3. The Kier molecular flexibility index (Phi) is 6.45. The summed E-state index contributed by atoms with van der Waals surface area (Å²) in [7, 11) is 0. The summed E-state index contributed by atoms with van der Waals surface area (Å²) >= 11 is 6.00. The SMILES string of the molecule is O=C1C(=O)N(CCN2CCOCC2)C(c2ccc(F)cc2)C1=C(O)c1cc(Cl)ccc1O. The number of hydrogen-bond donors (Lipinski definition) is 2. The number of likely N-dealkylation sites (tertiary alicyclic amines) is 1. The molecule has 2 heterocycles. The van der Waals surface area contributed by atoms with Gasteiger partial charge in [0.2, 0.25) is 0 Å². The van der Waals surface area contributed by atoms with Crippen molar-refractivity contribution in [2.45, 2.75) is 6.04 Å². The van der Waals surface area contributed by atoms with Crippen molar-refractivity contribution < 1.29 is 28.9 Å². The topological polar surface area (TPSA) is 90.3 Å². The number of carbonyl (C=O) groups excluding carboxylic acids is 2. The molecule has 0 radical (unpaired) electrons. The van der Waals surface area contributed by atoms with Crippen molar-refractivity contribution in [3.05, 3.63) is 70.0 Å². The first-order valence-electron chi connectivity index (χ1n) is 10.2. The monoisotopic (exact) mass is 460 g/mol. The number of phenolic OH excluding ortho intramolecular Hbond substituents is 1. The first-order valence-corrected chi connectivity index (χ1v) is 10.6. The molecule has 168 valence electrons. The number of ketones is 1. The minimum atomic E-state index is -0.935. The smallest absolute Gasteiger partial charge is 0.295 e. The second-order valence-electron chi connectivity index (χ2n) is 7.66. The van der Waals surface area contributed by atoms with E-state index in [2.05, 4.69) is 4.90 Å². The van der Waals surface area contributed by atoms with E-state index in [1.807, 2.05) is 0 Å². The van der Waals surface area contributed by atoms with Crippen LogP contribution in [0.4, 0.5) is 4.39 Å². The number of hydrogen-bond acceptors (Lipinski definition) is 6. The average molecular weight is 461 g/mol. The van der Waals surface area contributed by atoms with Crippen LogP contribution in [0.15, 0.2) is 48.0 Å². The van der Waals surface area contributed by atoms with Crippen molar-refractivity contribution in [1.82, 2.24) is 9.80 Å². The fraction of sp³-hybridized carbons (Fsp3) is 0.304. The van der Waals surface area contributed by atoms with Crippen molar-refractivity contribution in [1.29, 1.82) is 0 Å². The van der Waals surface area contributed by atoms with Gasteiger partial charge in [-0.25, -0.2) is 4.39 Å². The molecule has 2 aromatic rings. The first-order chi connectivity index (χ1) is 15.4. The highest BCUT2D eigenvalue weighted by atomic mass is 35.5. The average Bonchev–Trinajstić information content (AvgIpc) is 3.05. The summed E-state index contributed by atoms with van der Waals surface area (Å²) in [6.45, 7) is 3.34. The van der Waals surface area contributed by atoms with E-state index in [9.17, 15) is 24.2 Å². The van der Waals surface area contributed by atoms with E-state index >= 15 is 0 Å². The van der Waals surface area contributed by atoms with Crippen molar-refractivity contribution in [3.63, 3.8) is 0 Å². The molecule has 2 aliphatic rings. The van der Waals surface area contributed by atoms with Gasteiger partial charge in [0.1, 0.15) is 17.3 Å². The number of aliphatic hydroxyl groups excluding tert-OH is 1. The molecule has 1 atom stereocenters. The predicted molar refractivity (Wildman–Crippen MR) is 116 cm³/mol. The van der Waals surface area contributed by atoms with Crippen LogP contribution in [0.5, 0.6) is 5.75 Å². The van der Waals surface area contributed by atoms with Crippen molar-refractivity contribution in [2.24, 2.45) is 0 Å². The van der Waals surface area contributed by atoms with Gasteiger partial charge in [-0.2, -0.15) is 0 Å². The zero-order chi connectivity index (χ0) is 22.8. The van der Waals surface area contributed by atoms with Crippen molar-refractivity contribution >= 4 is 29.1 Å². The van der Waals surface area contributed by atoms with Gasteiger partial charge in [-0.3, -0.25) is 14.5 Å². The van der Waals surface area contributed by atoms with Gasteiger partial charge in [0, 0.05) is 31.2 Å². The van der Waals surface area contributed by atoms with Gasteiger partial charge in [0.05, 0.1) is 30.4 Å². The van der Waals surface area contributed by atoms with E-state index in [1.165, 1.54) is 47.4 Å². The zero-order valence-corrected chi connectivity index (χ0v) is 17.9. The Labute approximate surface area is 189 Å². The molecule has 2 aromatic carbocycles. The maximum Gasteiger partial charge on any atom is 0.295 e. The van der Waals surface area contributed by atoms with Crippen LogP contribution in [0.3, 0.4) is 0 Å². The van der Waals surface area contributed by atoms with Crippen molar-refractivity contribution in [2.75, 3.05) is 39.4 Å². The molecule has 0 aliphatic carbocycles. The standard InChI is InChI=1S/C23H22ClFN2O5/c24-15-3-6-18(28)17(13-15)21(29)19-20(14-1-4-16(25)5-2-14)27(23(31)22(19)30)8-7-26-9-11-32-12-10-26/h1-6,13,20,28-29H,7-12H2. The molecule has 2 saturated heterocycles. The lowest BCUT2D eigenvalue weighted by molar-refractivity contribution is -0.140. The van der Waals surface area contributed by atoms with E-state index in [1.54, 1.807) is 0 Å². The molecular formula is C23H22ClFN2O5. The summed E-state index contributed by atoms with van der Waals surface area (Å²) < 4.78 is 18.9. The number of morpholine rings is 1. The van der Waals surface area contributed by atoms with E-state index in [-0.39, 0.29) is 28.5 Å². The highest BCUT2D eigenvalue weighted by molar-refractivity contribution is 6.46. The number of Topliss-reactive ketones (excluding diaryl/α,β-unsaturated/α-hetero) is 1. The van der Waals surface area contributed by atoms with Crippen LogP contribution in [-0.2, 0) is 14.3 Å². The molecule has 0 aromatic heterocycles. The summed E-state index contributed by atoms with van der Waals surface area (Å²) in [6, 6.07) is 8.51. The second kappa shape index (κ2) is 9.28. The van der Waals surface area contributed by atoms with Crippen LogP contribution in [0.1, 0.15) is 17.2 Å². The Morgan fingerprint density at radius 1 is 1.09 bits per heavy atom. The van der Waals surface area contributed by atoms with Gasteiger partial charge in [-0.15, -0.1) is 0 Å². The molecule has 0 spiro atoms. The number of benzene rings is 2. The van der Waals surface area contributed by atoms with E-state index in [4.69, 9.17) is 16.3 Å². The highest BCUT2D eigenvalue weighted by Crippen LogP contribution is 2.41. The molecule has 0 bridgehead atoms. The van der Waals surface area contributed by atoms with Crippen LogP contribution in [0, 0.1) is 5.82 Å². The molecule has 2 fully saturated rings. The fourth-order valence-electron chi connectivity index (χ4n) is 4.02. The zero-order valence-electron chi connectivity index (χ0n) is 17.1. The van der Waals surface area contributed by atoms with Gasteiger partial charge in [0.15, 0.2) is 0 Å². The third-order valence-electron chi connectivity index (χ3n) is 5.70. The van der Waals surface area contributed by atoms with Crippen LogP contribution in [0.2, 0.25) is 5.02 Å². The third-order valence-corrected chi connectivity index (χ3v) is 5.94. The Morgan fingerprint density at radius 3 is 2.47 bits per heavy atom. The Bertz CT molecular complexity index is 1070. The Hall–Kier alpha value is -2.94. The van der Waals surface area contributed by atoms with Gasteiger partial charge in [0.25, 0.3) is 11.7 Å². The molecule has 7 nitrogen and oxygen atoms in total. The minimum absolute atomic E-state index is 0.0595. The van der Waals surface area contributed by atoms with Crippen LogP contribution in [0.25, 0.3) is 5.76 Å². The maximum atomic E-state index is 13.6. The van der Waals surface area contributed by atoms with E-state index in [0.717, 1.165) is 0 Å². The predicted octanol–water partition coefficient (Wildman–Crippen LogP) is 2.94. The summed E-state index contributed by atoms with van der Waals surface area (Å²) in [5, 5.41) is 21.5. The van der Waals surface area contributed by atoms with Gasteiger partial charge < -0.3 is 19.8 Å². The third kappa shape index (κ3) is 4.34. The number of amides is 1. The van der Waals surface area contributed by atoms with Crippen LogP contribution >= 0.6 is 11.6 Å². The Balaban J connectivity index is 1.76. The van der Waals surface area contributed by atoms with E-state index < -0.39 is 29.3 Å². The lowest BCUT2D eigenvalue weighted by atomic mass is 9.95. The fourth-order valence-corrected chi connectivity index (χ4v) is 4.19. The quantitative estimate of drug-likeness (QED) is 0.405. The number of nitrogens with zero attached hydrogens (tertiary/aromatic N) is 2. The van der Waals surface area contributed by atoms with Crippen LogP contribution in [-0.4, -0.2) is 71.1 Å². The van der Waals surface area contributed by atoms with E-state index in [0.29, 0.717) is 38.4 Å². The number of phenols is 1. The van der Waals surface area contributed by atoms with Gasteiger partial charge >= 0.3 is 0 Å².